The topological polar surface area (TPSA) is 88.5 Å². The van der Waals surface area contributed by atoms with E-state index < -0.39 is 0 Å². The zero-order valence-electron chi connectivity index (χ0n) is 15.2. The van der Waals surface area contributed by atoms with E-state index in [0.29, 0.717) is 17.2 Å². The van der Waals surface area contributed by atoms with E-state index in [4.69, 9.17) is 4.98 Å². The van der Waals surface area contributed by atoms with Crippen molar-refractivity contribution in [1.29, 1.82) is 0 Å². The molecule has 4 aromatic heterocycles. The Labute approximate surface area is 164 Å². The predicted octanol–water partition coefficient (Wildman–Crippen LogP) is 4.13. The van der Waals surface area contributed by atoms with Crippen LogP contribution in [0.4, 0.5) is 5.95 Å². The number of carbonyl (C=O) groups is 1. The fourth-order valence-corrected chi connectivity index (χ4v) is 4.05. The van der Waals surface area contributed by atoms with E-state index in [2.05, 4.69) is 20.4 Å². The Kier molecular flexibility index (Phi) is 3.73. The van der Waals surface area contributed by atoms with Crippen LogP contribution in [0.3, 0.4) is 0 Å². The highest BCUT2D eigenvalue weighted by atomic mass is 32.1. The van der Waals surface area contributed by atoms with Crippen LogP contribution in [-0.4, -0.2) is 30.6 Å². The normalized spacial score (nSPS) is 11.4. The van der Waals surface area contributed by atoms with E-state index in [9.17, 15) is 4.79 Å². The predicted molar refractivity (Wildman–Crippen MR) is 111 cm³/mol. The SMILES string of the molecule is Cc1nn(C)c2nc(-c3cccs3)cc(C(=O)Nc3nc4ccccc4[nH]3)c12. The van der Waals surface area contributed by atoms with Crippen molar-refractivity contribution in [3.63, 3.8) is 0 Å². The molecule has 8 heteroatoms. The van der Waals surface area contributed by atoms with Crippen LogP contribution in [0.5, 0.6) is 0 Å². The molecular weight excluding hydrogens is 372 g/mol. The van der Waals surface area contributed by atoms with Crippen molar-refractivity contribution in [3.05, 3.63) is 59.1 Å². The molecule has 5 aromatic rings. The van der Waals surface area contributed by atoms with E-state index in [1.807, 2.05) is 61.8 Å². The molecule has 0 bridgehead atoms. The molecule has 28 heavy (non-hydrogen) atoms. The summed E-state index contributed by atoms with van der Waals surface area (Å²) in [5.74, 6) is 0.163. The molecule has 0 aliphatic heterocycles. The van der Waals surface area contributed by atoms with Gasteiger partial charge in [0.1, 0.15) is 0 Å². The number of nitrogens with zero attached hydrogens (tertiary/aromatic N) is 4. The van der Waals surface area contributed by atoms with Crippen LogP contribution in [0, 0.1) is 6.92 Å². The fraction of sp³-hybridized carbons (Fsp3) is 0.100. The third kappa shape index (κ3) is 2.66. The maximum atomic E-state index is 13.2. The average Bonchev–Trinajstić information content (AvgIpc) is 3.41. The van der Waals surface area contributed by atoms with Gasteiger partial charge in [0, 0.05) is 7.05 Å². The minimum absolute atomic E-state index is 0.250. The first-order valence-corrected chi connectivity index (χ1v) is 9.62. The lowest BCUT2D eigenvalue weighted by Crippen LogP contribution is -2.14. The summed E-state index contributed by atoms with van der Waals surface area (Å²) in [6, 6.07) is 13.4. The molecule has 0 saturated heterocycles. The zero-order valence-corrected chi connectivity index (χ0v) is 16.0. The van der Waals surface area contributed by atoms with Gasteiger partial charge >= 0.3 is 0 Å². The molecule has 0 aliphatic carbocycles. The van der Waals surface area contributed by atoms with Crippen molar-refractivity contribution in [1.82, 2.24) is 24.7 Å². The standard InChI is InChI=1S/C20H16N6OS/c1-11-17-12(19(27)24-20-22-13-6-3-4-7-14(13)23-20)10-15(16-8-5-9-28-16)21-18(17)26(2)25-11/h3-10H,1-2H3,(H2,22,23,24,27). The summed E-state index contributed by atoms with van der Waals surface area (Å²) in [6.07, 6.45) is 0. The summed E-state index contributed by atoms with van der Waals surface area (Å²) in [6.45, 7) is 1.88. The first kappa shape index (κ1) is 16.6. The Balaban J connectivity index is 1.63. The van der Waals surface area contributed by atoms with Gasteiger partial charge in [-0.15, -0.1) is 11.3 Å². The minimum Gasteiger partial charge on any atom is -0.324 e. The number of hydrogen-bond donors (Lipinski definition) is 2. The van der Waals surface area contributed by atoms with Gasteiger partial charge in [0.15, 0.2) is 5.65 Å². The number of imidazole rings is 1. The average molecular weight is 388 g/mol. The van der Waals surface area contributed by atoms with Crippen LogP contribution in [-0.2, 0) is 7.05 Å². The lowest BCUT2D eigenvalue weighted by molar-refractivity contribution is 0.102. The fourth-order valence-electron chi connectivity index (χ4n) is 3.36. The molecule has 0 saturated carbocycles. The number of aromatic nitrogens is 5. The van der Waals surface area contributed by atoms with Gasteiger partial charge in [-0.25, -0.2) is 9.97 Å². The van der Waals surface area contributed by atoms with Crippen molar-refractivity contribution in [2.45, 2.75) is 6.92 Å². The molecule has 0 spiro atoms. The number of aryl methyl sites for hydroxylation is 2. The number of pyridine rings is 1. The number of hydrogen-bond acceptors (Lipinski definition) is 5. The molecule has 7 nitrogen and oxygen atoms in total. The summed E-state index contributed by atoms with van der Waals surface area (Å²) >= 11 is 1.58. The van der Waals surface area contributed by atoms with Crippen LogP contribution in [0.15, 0.2) is 47.8 Å². The van der Waals surface area contributed by atoms with E-state index in [-0.39, 0.29) is 5.91 Å². The van der Waals surface area contributed by atoms with E-state index in [0.717, 1.165) is 32.7 Å². The summed E-state index contributed by atoms with van der Waals surface area (Å²) < 4.78 is 1.71. The number of benzene rings is 1. The molecular formula is C20H16N6OS. The first-order valence-electron chi connectivity index (χ1n) is 8.74. The van der Waals surface area contributed by atoms with E-state index in [1.54, 1.807) is 16.0 Å². The van der Waals surface area contributed by atoms with Crippen molar-refractivity contribution >= 4 is 45.3 Å². The summed E-state index contributed by atoms with van der Waals surface area (Å²) in [5.41, 5.74) is 4.39. The monoisotopic (exact) mass is 388 g/mol. The molecule has 1 amide bonds. The smallest absolute Gasteiger partial charge is 0.258 e. The Morgan fingerprint density at radius 2 is 2.04 bits per heavy atom. The second-order valence-corrected chi connectivity index (χ2v) is 7.44. The van der Waals surface area contributed by atoms with Crippen LogP contribution in [0.1, 0.15) is 16.1 Å². The molecule has 5 rings (SSSR count). The van der Waals surface area contributed by atoms with Gasteiger partial charge in [-0.3, -0.25) is 14.8 Å². The number of amides is 1. The quantitative estimate of drug-likeness (QED) is 0.486. The largest absolute Gasteiger partial charge is 0.324 e. The highest BCUT2D eigenvalue weighted by Gasteiger charge is 2.20. The van der Waals surface area contributed by atoms with Crippen LogP contribution >= 0.6 is 11.3 Å². The van der Waals surface area contributed by atoms with Gasteiger partial charge in [-0.2, -0.15) is 5.10 Å². The number of anilines is 1. The van der Waals surface area contributed by atoms with Crippen molar-refractivity contribution in [2.24, 2.45) is 7.05 Å². The van der Waals surface area contributed by atoms with Gasteiger partial charge < -0.3 is 4.98 Å². The molecule has 0 unspecified atom stereocenters. The molecule has 0 atom stereocenters. The van der Waals surface area contributed by atoms with Gasteiger partial charge in [-0.1, -0.05) is 18.2 Å². The lowest BCUT2D eigenvalue weighted by Gasteiger charge is -2.07. The molecule has 2 N–H and O–H groups in total. The van der Waals surface area contributed by atoms with Gasteiger partial charge in [0.05, 0.1) is 38.2 Å². The third-order valence-corrected chi connectivity index (χ3v) is 5.50. The highest BCUT2D eigenvalue weighted by molar-refractivity contribution is 7.13. The number of nitrogens with one attached hydrogen (secondary N) is 2. The Morgan fingerprint density at radius 1 is 1.18 bits per heavy atom. The molecule has 0 radical (unpaired) electrons. The summed E-state index contributed by atoms with van der Waals surface area (Å²) in [5, 5.41) is 10.1. The van der Waals surface area contributed by atoms with Crippen LogP contribution < -0.4 is 5.32 Å². The lowest BCUT2D eigenvalue weighted by atomic mass is 10.1. The Hall–Kier alpha value is -3.52. The number of para-hydroxylation sites is 2. The second-order valence-electron chi connectivity index (χ2n) is 6.50. The molecule has 138 valence electrons. The number of thiophene rings is 1. The summed E-state index contributed by atoms with van der Waals surface area (Å²) in [7, 11) is 1.83. The maximum Gasteiger partial charge on any atom is 0.258 e. The van der Waals surface area contributed by atoms with E-state index >= 15 is 0 Å². The van der Waals surface area contributed by atoms with Gasteiger partial charge in [-0.05, 0) is 36.6 Å². The zero-order chi connectivity index (χ0) is 19.3. The second kappa shape index (κ2) is 6.28. The van der Waals surface area contributed by atoms with Gasteiger partial charge in [0.2, 0.25) is 5.95 Å². The van der Waals surface area contributed by atoms with Crippen molar-refractivity contribution in [2.75, 3.05) is 5.32 Å². The number of rotatable bonds is 3. The Bertz CT molecular complexity index is 1300. The van der Waals surface area contributed by atoms with Crippen molar-refractivity contribution < 1.29 is 4.79 Å². The van der Waals surface area contributed by atoms with E-state index in [1.165, 1.54) is 0 Å². The first-order chi connectivity index (χ1) is 13.6. The third-order valence-electron chi connectivity index (χ3n) is 4.61. The number of carbonyl (C=O) groups excluding carboxylic acids is 1. The Morgan fingerprint density at radius 3 is 2.82 bits per heavy atom. The molecule has 0 fully saturated rings. The number of H-pyrrole nitrogens is 1. The van der Waals surface area contributed by atoms with Gasteiger partial charge in [0.25, 0.3) is 5.91 Å². The maximum absolute atomic E-state index is 13.2. The summed E-state index contributed by atoms with van der Waals surface area (Å²) in [4.78, 5) is 26.4. The number of aromatic amines is 1. The van der Waals surface area contributed by atoms with Crippen molar-refractivity contribution in [3.8, 4) is 10.6 Å². The highest BCUT2D eigenvalue weighted by Crippen LogP contribution is 2.29. The molecule has 4 heterocycles. The van der Waals surface area contributed by atoms with Crippen LogP contribution in [0.2, 0.25) is 0 Å². The van der Waals surface area contributed by atoms with Crippen LogP contribution in [0.25, 0.3) is 32.6 Å². The number of fused-ring (bicyclic) bond motifs is 2. The molecule has 0 aliphatic rings. The minimum atomic E-state index is -0.250. The molecule has 1 aromatic carbocycles.